The summed E-state index contributed by atoms with van der Waals surface area (Å²) in [5, 5.41) is 12.5. The van der Waals surface area contributed by atoms with Gasteiger partial charge in [-0.1, -0.05) is 76.6 Å². The van der Waals surface area contributed by atoms with E-state index in [1.165, 1.54) is 0 Å². The number of aromatic hydroxyl groups is 1. The summed E-state index contributed by atoms with van der Waals surface area (Å²) in [4.78, 5) is 27.1. The Morgan fingerprint density at radius 3 is 2.22 bits per heavy atom. The Labute approximate surface area is 191 Å². The monoisotopic (exact) mass is 482 g/mol. The van der Waals surface area contributed by atoms with E-state index in [1.54, 1.807) is 30.3 Å². The number of carbonyl (C=O) groups excluding carboxylic acids is 2. The molecule has 0 radical (unpaired) electrons. The van der Waals surface area contributed by atoms with Crippen molar-refractivity contribution in [2.75, 3.05) is 0 Å². The molecule has 2 aliphatic rings. The molecule has 5 heteroatoms. The number of Topliss-reactive ketones (excluding diaryl/α,β-unsaturated/α-hetero) is 2. The normalized spacial score (nSPS) is 17.0. The summed E-state index contributed by atoms with van der Waals surface area (Å²) in [6.45, 7) is 0. The van der Waals surface area contributed by atoms with Crippen molar-refractivity contribution in [3.05, 3.63) is 117 Å². The Morgan fingerprint density at radius 1 is 0.812 bits per heavy atom. The lowest BCUT2D eigenvalue weighted by molar-refractivity contribution is 0.0926. The number of halogens is 1. The molecule has 0 saturated carbocycles. The fourth-order valence-corrected chi connectivity index (χ4v) is 4.97. The van der Waals surface area contributed by atoms with Crippen molar-refractivity contribution in [3.8, 4) is 11.5 Å². The van der Waals surface area contributed by atoms with Crippen LogP contribution in [0, 0.1) is 0 Å². The first kappa shape index (κ1) is 19.0. The third-order valence-corrected chi connectivity index (χ3v) is 6.65. The van der Waals surface area contributed by atoms with E-state index < -0.39 is 5.92 Å². The molecular formula is C27H15BrO4. The molecule has 1 aliphatic heterocycles. The molecule has 1 aliphatic carbocycles. The summed E-state index contributed by atoms with van der Waals surface area (Å²) in [6, 6.07) is 23.7. The number of ketones is 2. The molecule has 1 heterocycles. The molecule has 0 saturated heterocycles. The minimum Gasteiger partial charge on any atom is -0.504 e. The maximum atomic E-state index is 13.7. The van der Waals surface area contributed by atoms with Crippen LogP contribution in [0.2, 0.25) is 0 Å². The topological polar surface area (TPSA) is 63.6 Å². The first-order valence-corrected chi connectivity index (χ1v) is 10.9. The number of phenolic OH excluding ortho intramolecular Hbond substituents is 1. The van der Waals surface area contributed by atoms with Crippen LogP contribution in [0.5, 0.6) is 11.5 Å². The van der Waals surface area contributed by atoms with Crippen LogP contribution in [0.25, 0.3) is 10.8 Å². The fraction of sp³-hybridized carbons (Fsp3) is 0.0370. The van der Waals surface area contributed by atoms with E-state index >= 15 is 0 Å². The Kier molecular flexibility index (Phi) is 4.10. The number of benzene rings is 4. The van der Waals surface area contributed by atoms with Gasteiger partial charge in [-0.15, -0.1) is 0 Å². The predicted molar refractivity (Wildman–Crippen MR) is 124 cm³/mol. The molecule has 0 fully saturated rings. The number of carbonyl (C=O) groups is 2. The maximum Gasteiger partial charge on any atom is 0.229 e. The van der Waals surface area contributed by atoms with Gasteiger partial charge in [0.05, 0.1) is 5.57 Å². The van der Waals surface area contributed by atoms with Crippen molar-refractivity contribution < 1.29 is 19.4 Å². The van der Waals surface area contributed by atoms with Crippen LogP contribution in [0.3, 0.4) is 0 Å². The Morgan fingerprint density at radius 2 is 1.47 bits per heavy atom. The average Bonchev–Trinajstić information content (AvgIpc) is 2.82. The van der Waals surface area contributed by atoms with Crippen LogP contribution in [-0.4, -0.2) is 16.7 Å². The molecule has 0 amide bonds. The molecule has 6 rings (SSSR count). The molecule has 32 heavy (non-hydrogen) atoms. The van der Waals surface area contributed by atoms with Gasteiger partial charge in [0.15, 0.2) is 23.0 Å². The van der Waals surface area contributed by atoms with E-state index in [-0.39, 0.29) is 28.8 Å². The molecule has 0 aromatic heterocycles. The molecule has 4 nitrogen and oxygen atoms in total. The van der Waals surface area contributed by atoms with Crippen molar-refractivity contribution in [2.24, 2.45) is 0 Å². The van der Waals surface area contributed by atoms with E-state index in [0.717, 1.165) is 20.8 Å². The summed E-state index contributed by atoms with van der Waals surface area (Å²) in [5.74, 6) is -1.01. The van der Waals surface area contributed by atoms with Crippen molar-refractivity contribution in [1.29, 1.82) is 0 Å². The number of fused-ring (bicyclic) bond motifs is 4. The van der Waals surface area contributed by atoms with E-state index in [0.29, 0.717) is 22.3 Å². The molecule has 1 unspecified atom stereocenters. The molecule has 1 N–H and O–H groups in total. The van der Waals surface area contributed by atoms with E-state index in [9.17, 15) is 14.7 Å². The van der Waals surface area contributed by atoms with Gasteiger partial charge in [-0.3, -0.25) is 9.59 Å². The Bertz CT molecular complexity index is 1500. The van der Waals surface area contributed by atoms with Gasteiger partial charge in [0, 0.05) is 27.1 Å². The second kappa shape index (κ2) is 6.90. The number of hydrogen-bond donors (Lipinski definition) is 1. The van der Waals surface area contributed by atoms with Gasteiger partial charge in [0.25, 0.3) is 0 Å². The van der Waals surface area contributed by atoms with Crippen molar-refractivity contribution in [2.45, 2.75) is 5.92 Å². The quantitative estimate of drug-likeness (QED) is 0.352. The third-order valence-electron chi connectivity index (χ3n) is 6.12. The van der Waals surface area contributed by atoms with Gasteiger partial charge in [0.1, 0.15) is 0 Å². The molecule has 0 spiro atoms. The number of rotatable bonds is 1. The predicted octanol–water partition coefficient (Wildman–Crippen LogP) is 6.17. The standard InChI is InChI=1S/C27H15BrO4/c28-16-11-9-14(10-12-16)21-22-17-6-2-1-5-15(17)13-20(29)26(22)32-27-23(21)24(30)18-7-3-4-8-19(18)25(27)31/h1-13,21,29H. The highest BCUT2D eigenvalue weighted by Gasteiger charge is 2.44. The highest BCUT2D eigenvalue weighted by molar-refractivity contribution is 9.10. The minimum absolute atomic E-state index is 0.0142. The number of phenols is 1. The highest BCUT2D eigenvalue weighted by atomic mass is 79.9. The minimum atomic E-state index is -0.566. The van der Waals surface area contributed by atoms with Gasteiger partial charge in [-0.2, -0.15) is 0 Å². The molecule has 154 valence electrons. The second-order valence-corrected chi connectivity index (χ2v) is 8.81. The number of allylic oxidation sites excluding steroid dienone is 2. The zero-order valence-corrected chi connectivity index (χ0v) is 18.2. The Hall–Kier alpha value is -3.70. The summed E-state index contributed by atoms with van der Waals surface area (Å²) in [7, 11) is 0. The molecule has 0 bridgehead atoms. The van der Waals surface area contributed by atoms with E-state index in [2.05, 4.69) is 15.9 Å². The molecule has 4 aromatic carbocycles. The molecule has 1 atom stereocenters. The zero-order valence-electron chi connectivity index (χ0n) is 16.6. The van der Waals surface area contributed by atoms with Crippen molar-refractivity contribution >= 4 is 38.3 Å². The van der Waals surface area contributed by atoms with Gasteiger partial charge >= 0.3 is 0 Å². The fourth-order valence-electron chi connectivity index (χ4n) is 4.71. The van der Waals surface area contributed by atoms with Crippen LogP contribution >= 0.6 is 15.9 Å². The molecule has 4 aromatic rings. The van der Waals surface area contributed by atoms with Gasteiger partial charge in [-0.05, 0) is 34.5 Å². The Balaban J connectivity index is 1.72. The van der Waals surface area contributed by atoms with Gasteiger partial charge in [0.2, 0.25) is 5.78 Å². The van der Waals surface area contributed by atoms with Gasteiger partial charge < -0.3 is 9.84 Å². The lowest BCUT2D eigenvalue weighted by Gasteiger charge is -2.33. The summed E-state index contributed by atoms with van der Waals surface area (Å²) < 4.78 is 6.94. The van der Waals surface area contributed by atoms with E-state index in [1.807, 2.05) is 48.5 Å². The van der Waals surface area contributed by atoms with Crippen molar-refractivity contribution in [3.63, 3.8) is 0 Å². The number of ether oxygens (including phenoxy) is 1. The summed E-state index contributed by atoms with van der Waals surface area (Å²) in [5.41, 5.74) is 2.51. The van der Waals surface area contributed by atoms with E-state index in [4.69, 9.17) is 4.74 Å². The van der Waals surface area contributed by atoms with Crippen LogP contribution in [-0.2, 0) is 0 Å². The summed E-state index contributed by atoms with van der Waals surface area (Å²) >= 11 is 3.47. The lowest BCUT2D eigenvalue weighted by atomic mass is 9.73. The second-order valence-electron chi connectivity index (χ2n) is 7.89. The maximum absolute atomic E-state index is 13.7. The largest absolute Gasteiger partial charge is 0.504 e. The number of hydrogen-bond acceptors (Lipinski definition) is 4. The smallest absolute Gasteiger partial charge is 0.229 e. The van der Waals surface area contributed by atoms with Crippen LogP contribution in [0.4, 0.5) is 0 Å². The zero-order chi connectivity index (χ0) is 22.0. The third kappa shape index (κ3) is 2.61. The summed E-state index contributed by atoms with van der Waals surface area (Å²) in [6.07, 6.45) is 0. The lowest BCUT2D eigenvalue weighted by Crippen LogP contribution is -2.31. The van der Waals surface area contributed by atoms with Crippen LogP contribution in [0.1, 0.15) is 37.8 Å². The first-order valence-electron chi connectivity index (χ1n) is 10.1. The van der Waals surface area contributed by atoms with Crippen molar-refractivity contribution in [1.82, 2.24) is 0 Å². The average molecular weight is 483 g/mol. The van der Waals surface area contributed by atoms with Crippen LogP contribution in [0.15, 0.2) is 94.7 Å². The molecular weight excluding hydrogens is 468 g/mol. The highest BCUT2D eigenvalue weighted by Crippen LogP contribution is 2.52. The first-order chi connectivity index (χ1) is 15.5. The SMILES string of the molecule is O=C1C2=C(C(=O)c3ccccc31)C(c1ccc(Br)cc1)c1c(c(O)cc3ccccc13)O2. The van der Waals surface area contributed by atoms with Crippen LogP contribution < -0.4 is 4.74 Å². The van der Waals surface area contributed by atoms with Gasteiger partial charge in [-0.25, -0.2) is 0 Å².